The first-order valence-corrected chi connectivity index (χ1v) is 15.8. The molecular weight excluding hydrogens is 562 g/mol. The van der Waals surface area contributed by atoms with E-state index in [0.717, 1.165) is 66.3 Å². The van der Waals surface area contributed by atoms with Gasteiger partial charge in [-0.25, -0.2) is 0 Å². The van der Waals surface area contributed by atoms with Crippen LogP contribution in [-0.4, -0.2) is 0 Å². The Morgan fingerprint density at radius 1 is 0.413 bits per heavy atom. The molecule has 2 heterocycles. The quantitative estimate of drug-likeness (QED) is 0.205. The first-order valence-electron chi connectivity index (χ1n) is 15.8. The summed E-state index contributed by atoms with van der Waals surface area (Å²) in [4.78, 5) is 2.37. The van der Waals surface area contributed by atoms with Gasteiger partial charge < -0.3 is 13.7 Å². The van der Waals surface area contributed by atoms with Crippen molar-refractivity contribution < 1.29 is 8.83 Å². The molecule has 7 aromatic carbocycles. The van der Waals surface area contributed by atoms with Crippen LogP contribution in [0.3, 0.4) is 0 Å². The van der Waals surface area contributed by atoms with Crippen LogP contribution in [-0.2, 0) is 5.41 Å². The van der Waals surface area contributed by atoms with E-state index in [0.29, 0.717) is 0 Å². The molecule has 0 N–H and O–H groups in total. The molecule has 3 nitrogen and oxygen atoms in total. The maximum atomic E-state index is 6.29. The summed E-state index contributed by atoms with van der Waals surface area (Å²) in [6.45, 7) is 4.66. The summed E-state index contributed by atoms with van der Waals surface area (Å²) >= 11 is 0. The number of rotatable bonds is 3. The molecule has 0 aliphatic heterocycles. The van der Waals surface area contributed by atoms with Crippen LogP contribution in [0.2, 0.25) is 0 Å². The zero-order valence-corrected chi connectivity index (χ0v) is 25.5. The van der Waals surface area contributed by atoms with Gasteiger partial charge >= 0.3 is 0 Å². The molecule has 218 valence electrons. The van der Waals surface area contributed by atoms with Crippen LogP contribution in [0.4, 0.5) is 17.1 Å². The smallest absolute Gasteiger partial charge is 0.136 e. The molecule has 0 fully saturated rings. The molecule has 3 heteroatoms. The summed E-state index contributed by atoms with van der Waals surface area (Å²) in [7, 11) is 0. The molecule has 0 unspecified atom stereocenters. The SMILES string of the molecule is CC1(C)c2ccccc2-c2cc(N(c3ccc4cc5c(cc4c3)oc3ccccc35)c3ccc4oc5ccccc5c4c3)ccc21. The summed E-state index contributed by atoms with van der Waals surface area (Å²) in [6, 6.07) is 50.0. The van der Waals surface area contributed by atoms with Gasteiger partial charge in [0, 0.05) is 44.0 Å². The van der Waals surface area contributed by atoms with E-state index in [4.69, 9.17) is 8.83 Å². The second kappa shape index (κ2) is 9.12. The molecule has 0 saturated carbocycles. The van der Waals surface area contributed by atoms with Gasteiger partial charge in [0.05, 0.1) is 0 Å². The Balaban J connectivity index is 1.21. The van der Waals surface area contributed by atoms with Crippen molar-refractivity contribution in [2.45, 2.75) is 19.3 Å². The normalized spacial score (nSPS) is 13.6. The minimum Gasteiger partial charge on any atom is -0.456 e. The molecule has 1 aliphatic rings. The van der Waals surface area contributed by atoms with Crippen LogP contribution in [0.1, 0.15) is 25.0 Å². The van der Waals surface area contributed by atoms with Gasteiger partial charge in [-0.3, -0.25) is 0 Å². The number of anilines is 3. The van der Waals surface area contributed by atoms with Crippen molar-refractivity contribution in [2.75, 3.05) is 4.90 Å². The fourth-order valence-corrected chi connectivity index (χ4v) is 7.74. The Morgan fingerprint density at radius 3 is 1.83 bits per heavy atom. The molecule has 0 spiro atoms. The van der Waals surface area contributed by atoms with Crippen molar-refractivity contribution in [3.8, 4) is 11.1 Å². The Kier molecular flexibility index (Phi) is 5.06. The summed E-state index contributed by atoms with van der Waals surface area (Å²) in [5, 5.41) is 6.84. The Bertz CT molecular complexity index is 2690. The molecule has 0 radical (unpaired) electrons. The average Bonchev–Trinajstić information content (AvgIpc) is 3.71. The fraction of sp³-hybridized carbons (Fsp3) is 0.0698. The monoisotopic (exact) mass is 591 g/mol. The third-order valence-corrected chi connectivity index (χ3v) is 10.0. The van der Waals surface area contributed by atoms with Gasteiger partial charge in [0.2, 0.25) is 0 Å². The van der Waals surface area contributed by atoms with Gasteiger partial charge in [0.25, 0.3) is 0 Å². The van der Waals surface area contributed by atoms with E-state index in [1.165, 1.54) is 27.6 Å². The first kappa shape index (κ1) is 25.5. The van der Waals surface area contributed by atoms with Crippen LogP contribution in [0.15, 0.2) is 148 Å². The summed E-state index contributed by atoms with van der Waals surface area (Å²) in [5.41, 5.74) is 12.2. The number of para-hydroxylation sites is 2. The zero-order valence-electron chi connectivity index (χ0n) is 25.5. The lowest BCUT2D eigenvalue weighted by atomic mass is 9.82. The summed E-state index contributed by atoms with van der Waals surface area (Å²) < 4.78 is 12.5. The number of fused-ring (bicyclic) bond motifs is 10. The molecule has 0 amide bonds. The number of nitrogens with zero attached hydrogens (tertiary/aromatic N) is 1. The average molecular weight is 592 g/mol. The third kappa shape index (κ3) is 3.54. The second-order valence-corrected chi connectivity index (χ2v) is 13.0. The molecule has 9 aromatic rings. The van der Waals surface area contributed by atoms with Crippen molar-refractivity contribution in [1.82, 2.24) is 0 Å². The lowest BCUT2D eigenvalue weighted by Crippen LogP contribution is -2.15. The molecule has 2 aromatic heterocycles. The van der Waals surface area contributed by atoms with Crippen LogP contribution < -0.4 is 4.90 Å². The van der Waals surface area contributed by atoms with Gasteiger partial charge in [-0.1, -0.05) is 86.6 Å². The third-order valence-electron chi connectivity index (χ3n) is 10.0. The molecule has 46 heavy (non-hydrogen) atoms. The summed E-state index contributed by atoms with van der Waals surface area (Å²) in [5.74, 6) is 0. The van der Waals surface area contributed by atoms with E-state index in [1.807, 2.05) is 24.3 Å². The van der Waals surface area contributed by atoms with Crippen molar-refractivity contribution in [2.24, 2.45) is 0 Å². The molecule has 0 saturated heterocycles. The Labute approximate surface area is 265 Å². The number of hydrogen-bond donors (Lipinski definition) is 0. The largest absolute Gasteiger partial charge is 0.456 e. The molecule has 10 rings (SSSR count). The van der Waals surface area contributed by atoms with E-state index in [9.17, 15) is 0 Å². The van der Waals surface area contributed by atoms with Gasteiger partial charge in [-0.15, -0.1) is 0 Å². The molecule has 1 aliphatic carbocycles. The molecular formula is C43H29NO2. The highest BCUT2D eigenvalue weighted by molar-refractivity contribution is 6.11. The van der Waals surface area contributed by atoms with E-state index >= 15 is 0 Å². The van der Waals surface area contributed by atoms with Crippen molar-refractivity contribution in [3.05, 3.63) is 151 Å². The van der Waals surface area contributed by atoms with Gasteiger partial charge in [-0.2, -0.15) is 0 Å². The van der Waals surface area contributed by atoms with E-state index < -0.39 is 0 Å². The number of benzene rings is 7. The van der Waals surface area contributed by atoms with Gasteiger partial charge in [0.1, 0.15) is 22.3 Å². The predicted octanol–water partition coefficient (Wildman–Crippen LogP) is 12.4. The standard InChI is InChI=1S/C43H29NO2/c1-43(2)37-12-6-3-9-31(37)34-24-29(17-19-38(34)43)44(30-18-20-41-36(25-30)33-11-5-7-13-39(33)45-41)28-16-15-26-22-35-32-10-4-8-14-40(32)46-42(35)23-27(26)21-28/h3-25H,1-2H3. The van der Waals surface area contributed by atoms with Crippen molar-refractivity contribution in [3.63, 3.8) is 0 Å². The van der Waals surface area contributed by atoms with Crippen molar-refractivity contribution in [1.29, 1.82) is 0 Å². The Hall–Kier alpha value is -5.80. The van der Waals surface area contributed by atoms with Crippen LogP contribution in [0.5, 0.6) is 0 Å². The molecule has 0 atom stereocenters. The highest BCUT2D eigenvalue weighted by atomic mass is 16.3. The van der Waals surface area contributed by atoms with E-state index in [1.54, 1.807) is 0 Å². The lowest BCUT2D eigenvalue weighted by molar-refractivity contribution is 0.660. The fourth-order valence-electron chi connectivity index (χ4n) is 7.74. The van der Waals surface area contributed by atoms with Crippen LogP contribution >= 0.6 is 0 Å². The minimum absolute atomic E-state index is 0.0508. The topological polar surface area (TPSA) is 29.5 Å². The highest BCUT2D eigenvalue weighted by Crippen LogP contribution is 2.51. The van der Waals surface area contributed by atoms with E-state index in [2.05, 4.69) is 134 Å². The molecule has 0 bridgehead atoms. The summed E-state index contributed by atoms with van der Waals surface area (Å²) in [6.07, 6.45) is 0. The van der Waals surface area contributed by atoms with Gasteiger partial charge in [0.15, 0.2) is 0 Å². The van der Waals surface area contributed by atoms with Crippen LogP contribution in [0.25, 0.3) is 65.8 Å². The maximum absolute atomic E-state index is 6.29. The highest BCUT2D eigenvalue weighted by Gasteiger charge is 2.35. The number of furan rings is 2. The number of hydrogen-bond acceptors (Lipinski definition) is 3. The van der Waals surface area contributed by atoms with Crippen molar-refractivity contribution >= 4 is 71.7 Å². The zero-order chi connectivity index (χ0) is 30.6. The first-order chi connectivity index (χ1) is 22.5. The van der Waals surface area contributed by atoms with E-state index in [-0.39, 0.29) is 5.41 Å². The Morgan fingerprint density at radius 2 is 1.00 bits per heavy atom. The lowest BCUT2D eigenvalue weighted by Gasteiger charge is -2.27. The maximum Gasteiger partial charge on any atom is 0.136 e. The van der Waals surface area contributed by atoms with Crippen LogP contribution in [0, 0.1) is 0 Å². The predicted molar refractivity (Wildman–Crippen MR) is 191 cm³/mol. The second-order valence-electron chi connectivity index (χ2n) is 13.0. The minimum atomic E-state index is -0.0508. The van der Waals surface area contributed by atoms with Gasteiger partial charge in [-0.05, 0) is 99.8 Å².